The molecule has 16 heavy (non-hydrogen) atoms. The molecule has 1 heterocycles. The molecule has 2 rings (SSSR count). The SMILES string of the molecule is CC/C=C/[C@H]1COC/C1=C\c1ccccc1. The molecule has 0 radical (unpaired) electrons. The van der Waals surface area contributed by atoms with E-state index in [2.05, 4.69) is 49.4 Å². The Morgan fingerprint density at radius 1 is 1.31 bits per heavy atom. The van der Waals surface area contributed by atoms with Gasteiger partial charge >= 0.3 is 0 Å². The van der Waals surface area contributed by atoms with Crippen LogP contribution in [0.1, 0.15) is 18.9 Å². The third-order valence-corrected chi connectivity index (χ3v) is 2.80. The molecule has 0 spiro atoms. The summed E-state index contributed by atoms with van der Waals surface area (Å²) in [6.07, 6.45) is 7.83. The van der Waals surface area contributed by atoms with Crippen LogP contribution in [-0.2, 0) is 4.74 Å². The van der Waals surface area contributed by atoms with Crippen LogP contribution in [0.2, 0.25) is 0 Å². The Morgan fingerprint density at radius 2 is 2.12 bits per heavy atom. The van der Waals surface area contributed by atoms with Gasteiger partial charge in [-0.15, -0.1) is 0 Å². The molecule has 84 valence electrons. The molecule has 1 aliphatic rings. The summed E-state index contributed by atoms with van der Waals surface area (Å²) in [6.45, 7) is 3.76. The van der Waals surface area contributed by atoms with E-state index in [4.69, 9.17) is 4.74 Å². The quantitative estimate of drug-likeness (QED) is 0.697. The monoisotopic (exact) mass is 214 g/mol. The van der Waals surface area contributed by atoms with Crippen LogP contribution in [-0.4, -0.2) is 13.2 Å². The Kier molecular flexibility index (Phi) is 3.95. The fourth-order valence-electron chi connectivity index (χ4n) is 1.91. The molecule has 0 saturated carbocycles. The van der Waals surface area contributed by atoms with Gasteiger partial charge in [-0.05, 0) is 17.6 Å². The molecule has 1 aromatic carbocycles. The van der Waals surface area contributed by atoms with Crippen molar-refractivity contribution in [1.82, 2.24) is 0 Å². The Labute approximate surface area is 97.4 Å². The summed E-state index contributed by atoms with van der Waals surface area (Å²) in [5.41, 5.74) is 2.65. The highest BCUT2D eigenvalue weighted by molar-refractivity contribution is 5.54. The van der Waals surface area contributed by atoms with Gasteiger partial charge in [-0.1, -0.05) is 55.5 Å². The van der Waals surface area contributed by atoms with Crippen molar-refractivity contribution in [3.8, 4) is 0 Å². The van der Waals surface area contributed by atoms with E-state index in [1.54, 1.807) is 0 Å². The molecule has 0 aliphatic carbocycles. The molecule has 0 unspecified atom stereocenters. The van der Waals surface area contributed by atoms with E-state index in [-0.39, 0.29) is 0 Å². The first kappa shape index (κ1) is 11.2. The molecular formula is C15H18O. The van der Waals surface area contributed by atoms with E-state index < -0.39 is 0 Å². The van der Waals surface area contributed by atoms with E-state index in [0.29, 0.717) is 5.92 Å². The summed E-state index contributed by atoms with van der Waals surface area (Å²) in [6, 6.07) is 10.4. The zero-order valence-electron chi connectivity index (χ0n) is 9.73. The third kappa shape index (κ3) is 2.83. The van der Waals surface area contributed by atoms with Crippen LogP contribution < -0.4 is 0 Å². The Morgan fingerprint density at radius 3 is 2.88 bits per heavy atom. The summed E-state index contributed by atoms with van der Waals surface area (Å²) in [5, 5.41) is 0. The number of allylic oxidation sites excluding steroid dienone is 1. The summed E-state index contributed by atoms with van der Waals surface area (Å²) < 4.78 is 5.52. The van der Waals surface area contributed by atoms with Gasteiger partial charge in [-0.3, -0.25) is 0 Å². The number of hydrogen-bond donors (Lipinski definition) is 0. The zero-order valence-corrected chi connectivity index (χ0v) is 9.73. The molecule has 1 atom stereocenters. The van der Waals surface area contributed by atoms with Crippen molar-refractivity contribution < 1.29 is 4.74 Å². The first-order chi connectivity index (χ1) is 7.90. The predicted octanol–water partition coefficient (Wildman–Crippen LogP) is 3.68. The minimum atomic E-state index is 0.472. The minimum absolute atomic E-state index is 0.472. The van der Waals surface area contributed by atoms with Gasteiger partial charge in [0.15, 0.2) is 0 Å². The largest absolute Gasteiger partial charge is 0.376 e. The maximum atomic E-state index is 5.52. The zero-order chi connectivity index (χ0) is 11.2. The number of ether oxygens (including phenoxy) is 1. The van der Waals surface area contributed by atoms with E-state index in [0.717, 1.165) is 19.6 Å². The second-order valence-electron chi connectivity index (χ2n) is 4.09. The van der Waals surface area contributed by atoms with Crippen LogP contribution in [0.4, 0.5) is 0 Å². The van der Waals surface area contributed by atoms with Gasteiger partial charge in [-0.25, -0.2) is 0 Å². The van der Waals surface area contributed by atoms with Crippen molar-refractivity contribution in [2.24, 2.45) is 5.92 Å². The van der Waals surface area contributed by atoms with Crippen LogP contribution in [0.3, 0.4) is 0 Å². The van der Waals surface area contributed by atoms with Crippen molar-refractivity contribution in [2.75, 3.05) is 13.2 Å². The lowest BCUT2D eigenvalue weighted by atomic mass is 9.99. The number of hydrogen-bond acceptors (Lipinski definition) is 1. The summed E-state index contributed by atoms with van der Waals surface area (Å²) in [4.78, 5) is 0. The third-order valence-electron chi connectivity index (χ3n) is 2.80. The fraction of sp³-hybridized carbons (Fsp3) is 0.333. The first-order valence-corrected chi connectivity index (χ1v) is 5.90. The highest BCUT2D eigenvalue weighted by atomic mass is 16.5. The van der Waals surface area contributed by atoms with Gasteiger partial charge in [0, 0.05) is 5.92 Å². The van der Waals surface area contributed by atoms with Crippen LogP contribution >= 0.6 is 0 Å². The highest BCUT2D eigenvalue weighted by Crippen LogP contribution is 2.23. The number of benzene rings is 1. The summed E-state index contributed by atoms with van der Waals surface area (Å²) in [7, 11) is 0. The van der Waals surface area contributed by atoms with Gasteiger partial charge in [0.2, 0.25) is 0 Å². The second kappa shape index (κ2) is 5.66. The maximum absolute atomic E-state index is 5.52. The lowest BCUT2D eigenvalue weighted by Crippen LogP contribution is -1.97. The second-order valence-corrected chi connectivity index (χ2v) is 4.09. The van der Waals surface area contributed by atoms with Crippen molar-refractivity contribution in [3.05, 3.63) is 53.6 Å². The smallest absolute Gasteiger partial charge is 0.0687 e. The van der Waals surface area contributed by atoms with Crippen LogP contribution in [0.25, 0.3) is 6.08 Å². The van der Waals surface area contributed by atoms with E-state index in [1.165, 1.54) is 11.1 Å². The normalized spacial score (nSPS) is 23.3. The summed E-state index contributed by atoms with van der Waals surface area (Å²) in [5.74, 6) is 0.472. The predicted molar refractivity (Wildman–Crippen MR) is 68.2 cm³/mol. The molecule has 0 N–H and O–H groups in total. The molecule has 1 nitrogen and oxygen atoms in total. The number of rotatable bonds is 3. The average Bonchev–Trinajstić information content (AvgIpc) is 2.75. The highest BCUT2D eigenvalue weighted by Gasteiger charge is 2.18. The molecule has 0 amide bonds. The molecule has 1 fully saturated rings. The summed E-state index contributed by atoms with van der Waals surface area (Å²) >= 11 is 0. The maximum Gasteiger partial charge on any atom is 0.0687 e. The average molecular weight is 214 g/mol. The van der Waals surface area contributed by atoms with E-state index >= 15 is 0 Å². The van der Waals surface area contributed by atoms with Crippen molar-refractivity contribution in [2.45, 2.75) is 13.3 Å². The van der Waals surface area contributed by atoms with Gasteiger partial charge in [0.1, 0.15) is 0 Å². The Hall–Kier alpha value is -1.34. The topological polar surface area (TPSA) is 9.23 Å². The van der Waals surface area contributed by atoms with Crippen molar-refractivity contribution in [3.63, 3.8) is 0 Å². The van der Waals surface area contributed by atoms with Crippen molar-refractivity contribution in [1.29, 1.82) is 0 Å². The van der Waals surface area contributed by atoms with Gasteiger partial charge < -0.3 is 4.74 Å². The Bertz CT molecular complexity index is 376. The van der Waals surface area contributed by atoms with Crippen LogP contribution in [0.5, 0.6) is 0 Å². The molecule has 1 heteroatoms. The van der Waals surface area contributed by atoms with Gasteiger partial charge in [0.25, 0.3) is 0 Å². The van der Waals surface area contributed by atoms with E-state index in [1.807, 2.05) is 6.07 Å². The van der Waals surface area contributed by atoms with Crippen LogP contribution in [0, 0.1) is 5.92 Å². The molecule has 1 saturated heterocycles. The molecular weight excluding hydrogens is 196 g/mol. The lowest BCUT2D eigenvalue weighted by molar-refractivity contribution is 0.195. The minimum Gasteiger partial charge on any atom is -0.376 e. The Balaban J connectivity index is 2.13. The fourth-order valence-corrected chi connectivity index (χ4v) is 1.91. The van der Waals surface area contributed by atoms with Gasteiger partial charge in [0.05, 0.1) is 13.2 Å². The molecule has 0 aromatic heterocycles. The first-order valence-electron chi connectivity index (χ1n) is 5.90. The van der Waals surface area contributed by atoms with Crippen LogP contribution in [0.15, 0.2) is 48.1 Å². The van der Waals surface area contributed by atoms with Gasteiger partial charge in [-0.2, -0.15) is 0 Å². The van der Waals surface area contributed by atoms with E-state index in [9.17, 15) is 0 Å². The lowest BCUT2D eigenvalue weighted by Gasteiger charge is -2.04. The molecule has 0 bridgehead atoms. The molecule has 1 aliphatic heterocycles. The van der Waals surface area contributed by atoms with Crippen molar-refractivity contribution >= 4 is 6.08 Å². The standard InChI is InChI=1S/C15H18O/c1-2-3-9-14-11-16-12-15(14)10-13-7-5-4-6-8-13/h3-10,14H,2,11-12H2,1H3/b9-3+,15-10+/t14-/m0/s1. The molecule has 1 aromatic rings.